The zero-order valence-corrected chi connectivity index (χ0v) is 11.8. The highest BCUT2D eigenvalue weighted by Gasteiger charge is 2.16. The van der Waals surface area contributed by atoms with Crippen molar-refractivity contribution in [3.63, 3.8) is 0 Å². The lowest BCUT2D eigenvalue weighted by molar-refractivity contribution is 0.194. The van der Waals surface area contributed by atoms with Gasteiger partial charge in [-0.25, -0.2) is 4.68 Å². The number of aliphatic hydroxyl groups is 1. The number of benzene rings is 1. The summed E-state index contributed by atoms with van der Waals surface area (Å²) in [5.74, 6) is 1.05. The van der Waals surface area contributed by atoms with Gasteiger partial charge >= 0.3 is 0 Å². The molecule has 0 aliphatic carbocycles. The van der Waals surface area contributed by atoms with E-state index in [2.05, 4.69) is 18.9 Å². The van der Waals surface area contributed by atoms with E-state index in [9.17, 15) is 5.11 Å². The topological polar surface area (TPSA) is 47.3 Å². The molecule has 1 aromatic carbocycles. The summed E-state index contributed by atoms with van der Waals surface area (Å²) in [4.78, 5) is 0. The van der Waals surface area contributed by atoms with Crippen LogP contribution in [0, 0.1) is 0 Å². The molecule has 0 saturated heterocycles. The third-order valence-electron chi connectivity index (χ3n) is 3.13. The van der Waals surface area contributed by atoms with Gasteiger partial charge in [-0.1, -0.05) is 19.9 Å². The number of ether oxygens (including phenoxy) is 1. The summed E-state index contributed by atoms with van der Waals surface area (Å²) in [5, 5.41) is 14.5. The molecule has 1 N–H and O–H groups in total. The molecule has 0 aliphatic heterocycles. The lowest BCUT2D eigenvalue weighted by Crippen LogP contribution is -2.06. The minimum atomic E-state index is -0.613. The third kappa shape index (κ3) is 2.63. The van der Waals surface area contributed by atoms with Crippen LogP contribution >= 0.6 is 0 Å². The maximum atomic E-state index is 9.97. The van der Waals surface area contributed by atoms with Crippen LogP contribution < -0.4 is 4.74 Å². The van der Waals surface area contributed by atoms with Crippen LogP contribution in [0.2, 0.25) is 0 Å². The molecule has 1 unspecified atom stereocenters. The van der Waals surface area contributed by atoms with Crippen molar-refractivity contribution in [3.8, 4) is 11.4 Å². The van der Waals surface area contributed by atoms with E-state index in [1.807, 2.05) is 30.5 Å². The maximum absolute atomic E-state index is 9.97. The number of aromatic nitrogens is 2. The SMILES string of the molecule is COc1cccc(-n2ccc(C(C)C)n2)c1C(C)O. The van der Waals surface area contributed by atoms with Gasteiger partial charge in [0.05, 0.1) is 24.6 Å². The third-order valence-corrected chi connectivity index (χ3v) is 3.13. The summed E-state index contributed by atoms with van der Waals surface area (Å²) in [6.07, 6.45) is 1.30. The predicted molar refractivity (Wildman–Crippen MR) is 74.8 cm³/mol. The van der Waals surface area contributed by atoms with E-state index in [0.29, 0.717) is 11.7 Å². The first-order valence-electron chi connectivity index (χ1n) is 6.45. The molecule has 0 saturated carbocycles. The van der Waals surface area contributed by atoms with Gasteiger partial charge in [0.2, 0.25) is 0 Å². The Kier molecular flexibility index (Phi) is 3.90. The molecule has 4 heteroatoms. The van der Waals surface area contributed by atoms with Gasteiger partial charge in [-0.15, -0.1) is 0 Å². The van der Waals surface area contributed by atoms with Crippen LogP contribution in [0.4, 0.5) is 0 Å². The van der Waals surface area contributed by atoms with Crippen LogP contribution in [-0.2, 0) is 0 Å². The van der Waals surface area contributed by atoms with Crippen molar-refractivity contribution in [3.05, 3.63) is 41.7 Å². The molecular weight excluding hydrogens is 240 g/mol. The van der Waals surface area contributed by atoms with Crippen molar-refractivity contribution in [2.45, 2.75) is 32.8 Å². The Morgan fingerprint density at radius 2 is 1.95 bits per heavy atom. The van der Waals surface area contributed by atoms with E-state index in [-0.39, 0.29) is 0 Å². The van der Waals surface area contributed by atoms with Gasteiger partial charge < -0.3 is 9.84 Å². The number of methoxy groups -OCH3 is 1. The van der Waals surface area contributed by atoms with Crippen LogP contribution in [0.25, 0.3) is 5.69 Å². The fraction of sp³-hybridized carbons (Fsp3) is 0.400. The largest absolute Gasteiger partial charge is 0.496 e. The van der Waals surface area contributed by atoms with Gasteiger partial charge in [0.1, 0.15) is 5.75 Å². The Hall–Kier alpha value is -1.81. The van der Waals surface area contributed by atoms with Crippen LogP contribution in [0.1, 0.15) is 44.1 Å². The van der Waals surface area contributed by atoms with E-state index in [1.54, 1.807) is 18.7 Å². The first-order chi connectivity index (χ1) is 9.04. The molecule has 0 fully saturated rings. The molecule has 0 amide bonds. The van der Waals surface area contributed by atoms with Crippen LogP contribution in [0.5, 0.6) is 5.75 Å². The zero-order valence-electron chi connectivity index (χ0n) is 11.8. The van der Waals surface area contributed by atoms with Gasteiger partial charge in [-0.05, 0) is 31.0 Å². The highest BCUT2D eigenvalue weighted by atomic mass is 16.5. The quantitative estimate of drug-likeness (QED) is 0.919. The molecule has 1 aromatic heterocycles. The van der Waals surface area contributed by atoms with Crippen molar-refractivity contribution in [1.29, 1.82) is 0 Å². The van der Waals surface area contributed by atoms with Crippen LogP contribution in [0.3, 0.4) is 0 Å². The molecule has 4 nitrogen and oxygen atoms in total. The monoisotopic (exact) mass is 260 g/mol. The Labute approximate surface area is 113 Å². The first-order valence-corrected chi connectivity index (χ1v) is 6.45. The molecule has 1 heterocycles. The summed E-state index contributed by atoms with van der Waals surface area (Å²) >= 11 is 0. The van der Waals surface area contributed by atoms with Gasteiger partial charge in [-0.2, -0.15) is 5.10 Å². The van der Waals surface area contributed by atoms with E-state index < -0.39 is 6.10 Å². The van der Waals surface area contributed by atoms with E-state index >= 15 is 0 Å². The fourth-order valence-corrected chi connectivity index (χ4v) is 2.11. The van der Waals surface area contributed by atoms with Gasteiger partial charge in [0, 0.05) is 11.8 Å². The number of hydrogen-bond acceptors (Lipinski definition) is 3. The average Bonchev–Trinajstić information content (AvgIpc) is 2.87. The highest BCUT2D eigenvalue weighted by Crippen LogP contribution is 2.31. The summed E-state index contributed by atoms with van der Waals surface area (Å²) in [5.41, 5.74) is 2.63. The Balaban J connectivity index is 2.54. The van der Waals surface area contributed by atoms with Crippen molar-refractivity contribution in [2.75, 3.05) is 7.11 Å². The lowest BCUT2D eigenvalue weighted by Gasteiger charge is -2.16. The molecule has 102 valence electrons. The number of hydrogen-bond donors (Lipinski definition) is 1. The van der Waals surface area contributed by atoms with Gasteiger partial charge in [0.15, 0.2) is 0 Å². The lowest BCUT2D eigenvalue weighted by atomic mass is 10.1. The van der Waals surface area contributed by atoms with Gasteiger partial charge in [0.25, 0.3) is 0 Å². The van der Waals surface area contributed by atoms with Gasteiger partial charge in [-0.3, -0.25) is 0 Å². The first kappa shape index (κ1) is 13.6. The summed E-state index contributed by atoms with van der Waals surface area (Å²) in [6.45, 7) is 5.94. The normalized spacial score (nSPS) is 12.7. The summed E-state index contributed by atoms with van der Waals surface area (Å²) in [6, 6.07) is 7.67. The molecule has 0 radical (unpaired) electrons. The second-order valence-corrected chi connectivity index (χ2v) is 4.91. The van der Waals surface area contributed by atoms with Crippen molar-refractivity contribution >= 4 is 0 Å². The minimum Gasteiger partial charge on any atom is -0.496 e. The van der Waals surface area contributed by atoms with Crippen LogP contribution in [-0.4, -0.2) is 22.0 Å². The Bertz CT molecular complexity index is 559. The molecule has 0 spiro atoms. The van der Waals surface area contributed by atoms with E-state index in [0.717, 1.165) is 16.9 Å². The molecule has 0 bridgehead atoms. The second-order valence-electron chi connectivity index (χ2n) is 4.91. The maximum Gasteiger partial charge on any atom is 0.126 e. The summed E-state index contributed by atoms with van der Waals surface area (Å²) in [7, 11) is 1.60. The molecule has 2 aromatic rings. The Morgan fingerprint density at radius 3 is 2.47 bits per heavy atom. The highest BCUT2D eigenvalue weighted by molar-refractivity contribution is 5.50. The Morgan fingerprint density at radius 1 is 1.21 bits per heavy atom. The fourth-order valence-electron chi connectivity index (χ4n) is 2.11. The summed E-state index contributed by atoms with van der Waals surface area (Å²) < 4.78 is 7.11. The average molecular weight is 260 g/mol. The van der Waals surface area contributed by atoms with E-state index in [1.165, 1.54) is 0 Å². The number of nitrogens with zero attached hydrogens (tertiary/aromatic N) is 2. The number of rotatable bonds is 4. The van der Waals surface area contributed by atoms with Crippen molar-refractivity contribution < 1.29 is 9.84 Å². The molecule has 19 heavy (non-hydrogen) atoms. The van der Waals surface area contributed by atoms with Crippen molar-refractivity contribution in [1.82, 2.24) is 9.78 Å². The zero-order chi connectivity index (χ0) is 14.0. The smallest absolute Gasteiger partial charge is 0.126 e. The van der Waals surface area contributed by atoms with Crippen LogP contribution in [0.15, 0.2) is 30.5 Å². The minimum absolute atomic E-state index is 0.377. The molecule has 0 aliphatic rings. The predicted octanol–water partition coefficient (Wildman–Crippen LogP) is 3.06. The molecular formula is C15H20N2O2. The standard InChI is InChI=1S/C15H20N2O2/c1-10(2)12-8-9-17(16-12)13-6-5-7-14(19-4)15(13)11(3)18/h5-11,18H,1-4H3. The van der Waals surface area contributed by atoms with E-state index in [4.69, 9.17) is 4.74 Å². The van der Waals surface area contributed by atoms with Crippen molar-refractivity contribution in [2.24, 2.45) is 0 Å². The molecule has 2 rings (SSSR count). The molecule has 1 atom stereocenters. The second kappa shape index (κ2) is 5.45. The number of aliphatic hydroxyl groups excluding tert-OH is 1.